The van der Waals surface area contributed by atoms with Crippen molar-refractivity contribution >= 4 is 48.1 Å². The fourth-order valence-electron chi connectivity index (χ4n) is 3.66. The Balaban J connectivity index is 1.54. The first-order valence-corrected chi connectivity index (χ1v) is 14.1. The van der Waals surface area contributed by atoms with Gasteiger partial charge >= 0.3 is 13.7 Å². The molecule has 2 N–H and O–H groups in total. The van der Waals surface area contributed by atoms with Gasteiger partial charge in [-0.25, -0.2) is 14.7 Å². The maximum Gasteiger partial charge on any atom is 0.425 e. The quantitative estimate of drug-likeness (QED) is 0.129. The van der Waals surface area contributed by atoms with Crippen LogP contribution < -0.4 is 15.0 Å². The summed E-state index contributed by atoms with van der Waals surface area (Å²) in [6.45, 7) is 1.02. The van der Waals surface area contributed by atoms with E-state index in [2.05, 4.69) is 29.3 Å². The number of nitrogens with zero attached hydrogens (tertiary/aromatic N) is 5. The molecule has 16 heteroatoms. The van der Waals surface area contributed by atoms with Crippen LogP contribution in [0.5, 0.6) is 5.88 Å². The number of hydrogen-bond acceptors (Lipinski definition) is 12. The molecule has 2 aromatic carbocycles. The monoisotopic (exact) mass is 600 g/mol. The molecule has 4 aromatic rings. The van der Waals surface area contributed by atoms with Crippen molar-refractivity contribution in [3.05, 3.63) is 67.0 Å². The zero-order valence-electron chi connectivity index (χ0n) is 22.9. The predicted molar refractivity (Wildman–Crippen MR) is 150 cm³/mol. The standard InChI is InChI=1S/C26H29N6O9P/c1-18(33)28-24-29-22-21(27-16-31(22)17-39-14-15-40-26(35)42(36,37-2)38-3)23(30-24)41-25(34)32(19-10-6-4-7-11-19)20-12-8-5-9-13-20/h4-13,16,26,35H,14-15,17H2,1-3H3,(H,28,29,30,33). The van der Waals surface area contributed by atoms with Gasteiger partial charge in [0, 0.05) is 21.1 Å². The molecule has 0 aliphatic carbocycles. The van der Waals surface area contributed by atoms with Crippen LogP contribution in [0.3, 0.4) is 0 Å². The summed E-state index contributed by atoms with van der Waals surface area (Å²) in [5.41, 5.74) is 1.45. The van der Waals surface area contributed by atoms with E-state index in [9.17, 15) is 19.3 Å². The smallest absolute Gasteiger partial charge is 0.388 e. The summed E-state index contributed by atoms with van der Waals surface area (Å²) < 4.78 is 39.3. The number of hydrogen-bond donors (Lipinski definition) is 2. The molecule has 0 saturated carbocycles. The van der Waals surface area contributed by atoms with Crippen LogP contribution >= 0.6 is 7.60 Å². The summed E-state index contributed by atoms with van der Waals surface area (Å²) in [6, 6.07) is 16.0. The Bertz CT molecular complexity index is 1510. The van der Waals surface area contributed by atoms with Gasteiger partial charge < -0.3 is 28.4 Å². The van der Waals surface area contributed by atoms with Crippen LogP contribution in [-0.2, 0) is 34.6 Å². The Morgan fingerprint density at radius 2 is 1.62 bits per heavy atom. The largest absolute Gasteiger partial charge is 0.425 e. The van der Waals surface area contributed by atoms with Crippen LogP contribution in [-0.4, -0.2) is 70.1 Å². The third-order valence-corrected chi connectivity index (χ3v) is 7.33. The molecule has 42 heavy (non-hydrogen) atoms. The van der Waals surface area contributed by atoms with Gasteiger partial charge in [-0.3, -0.25) is 19.2 Å². The average molecular weight is 601 g/mol. The highest BCUT2D eigenvalue weighted by atomic mass is 31.2. The highest BCUT2D eigenvalue weighted by Gasteiger charge is 2.33. The summed E-state index contributed by atoms with van der Waals surface area (Å²) in [5, 5.41) is 12.4. The maximum atomic E-state index is 13.5. The Morgan fingerprint density at radius 1 is 1.00 bits per heavy atom. The molecule has 15 nitrogen and oxygen atoms in total. The van der Waals surface area contributed by atoms with Gasteiger partial charge in [0.2, 0.25) is 11.9 Å². The number of aliphatic hydroxyl groups excluding tert-OH is 1. The molecule has 0 spiro atoms. The number of anilines is 3. The second-order valence-electron chi connectivity index (χ2n) is 8.43. The van der Waals surface area contributed by atoms with Crippen LogP contribution in [0.15, 0.2) is 67.0 Å². The molecule has 2 aromatic heterocycles. The fraction of sp³-hybridized carbons (Fsp3) is 0.269. The van der Waals surface area contributed by atoms with Crippen LogP contribution in [0.25, 0.3) is 11.2 Å². The summed E-state index contributed by atoms with van der Waals surface area (Å²) in [6.07, 6.45) is 0.618. The highest BCUT2D eigenvalue weighted by Crippen LogP contribution is 2.50. The molecular formula is C26H29N6O9P. The van der Waals surface area contributed by atoms with E-state index in [4.69, 9.17) is 14.2 Å². The van der Waals surface area contributed by atoms with Crippen molar-refractivity contribution in [3.63, 3.8) is 0 Å². The molecular weight excluding hydrogens is 571 g/mol. The second-order valence-corrected chi connectivity index (χ2v) is 10.7. The Hall–Kier alpha value is -4.24. The molecule has 0 aliphatic rings. The van der Waals surface area contributed by atoms with Gasteiger partial charge in [-0.15, -0.1) is 0 Å². The number of fused-ring (bicyclic) bond motifs is 1. The minimum atomic E-state index is -3.82. The first kappa shape index (κ1) is 30.7. The summed E-state index contributed by atoms with van der Waals surface area (Å²) in [7, 11) is -1.56. The molecule has 0 fully saturated rings. The van der Waals surface area contributed by atoms with Crippen molar-refractivity contribution < 1.29 is 42.5 Å². The number of carbonyl (C=O) groups excluding carboxylic acids is 2. The first-order valence-electron chi connectivity index (χ1n) is 12.5. The zero-order valence-corrected chi connectivity index (χ0v) is 23.8. The van der Waals surface area contributed by atoms with Crippen LogP contribution in [0.2, 0.25) is 0 Å². The van der Waals surface area contributed by atoms with Crippen LogP contribution in [0, 0.1) is 0 Å². The van der Waals surface area contributed by atoms with Crippen LogP contribution in [0.4, 0.5) is 22.1 Å². The third-order valence-electron chi connectivity index (χ3n) is 5.62. The minimum Gasteiger partial charge on any atom is -0.388 e. The number of rotatable bonds is 13. The number of aliphatic hydroxyl groups is 1. The fourth-order valence-corrected chi connectivity index (χ4v) is 4.46. The van der Waals surface area contributed by atoms with E-state index in [1.807, 2.05) is 12.1 Å². The lowest BCUT2D eigenvalue weighted by atomic mass is 10.2. The summed E-state index contributed by atoms with van der Waals surface area (Å²) >= 11 is 0. The molecule has 222 valence electrons. The van der Waals surface area contributed by atoms with E-state index in [1.54, 1.807) is 48.5 Å². The Morgan fingerprint density at radius 3 is 2.19 bits per heavy atom. The van der Waals surface area contributed by atoms with E-state index >= 15 is 0 Å². The van der Waals surface area contributed by atoms with E-state index in [1.165, 1.54) is 22.7 Å². The van der Waals surface area contributed by atoms with E-state index in [0.717, 1.165) is 14.2 Å². The number of imidazole rings is 1. The van der Waals surface area contributed by atoms with Gasteiger partial charge in [-0.05, 0) is 24.3 Å². The number of aromatic nitrogens is 4. The van der Waals surface area contributed by atoms with Crippen molar-refractivity contribution in [2.45, 2.75) is 19.7 Å². The number of nitrogens with one attached hydrogen (secondary N) is 1. The molecule has 2 heterocycles. The van der Waals surface area contributed by atoms with Crippen molar-refractivity contribution in [1.29, 1.82) is 0 Å². The predicted octanol–water partition coefficient (Wildman–Crippen LogP) is 3.87. The number of para-hydroxylation sites is 2. The molecule has 0 radical (unpaired) electrons. The van der Waals surface area contributed by atoms with Crippen molar-refractivity contribution in [3.8, 4) is 5.88 Å². The normalized spacial score (nSPS) is 12.2. The van der Waals surface area contributed by atoms with Crippen molar-refractivity contribution in [1.82, 2.24) is 19.5 Å². The topological polar surface area (TPSA) is 176 Å². The lowest BCUT2D eigenvalue weighted by molar-refractivity contribution is -0.114. The van der Waals surface area contributed by atoms with E-state index in [0.29, 0.717) is 11.4 Å². The lowest BCUT2D eigenvalue weighted by Crippen LogP contribution is -2.29. The first-order chi connectivity index (χ1) is 20.3. The molecule has 0 saturated heterocycles. The second kappa shape index (κ2) is 14.1. The van der Waals surface area contributed by atoms with Gasteiger partial charge in [0.05, 0.1) is 30.9 Å². The summed E-state index contributed by atoms with van der Waals surface area (Å²) in [4.78, 5) is 39.5. The number of ether oxygens (including phenoxy) is 3. The van der Waals surface area contributed by atoms with Crippen molar-refractivity contribution in [2.24, 2.45) is 0 Å². The molecule has 1 unspecified atom stereocenters. The van der Waals surface area contributed by atoms with Crippen molar-refractivity contribution in [2.75, 3.05) is 37.7 Å². The Labute approximate surface area is 240 Å². The molecule has 0 aliphatic heterocycles. The van der Waals surface area contributed by atoms with Crippen LogP contribution in [0.1, 0.15) is 6.92 Å². The van der Waals surface area contributed by atoms with Gasteiger partial charge in [0.1, 0.15) is 6.73 Å². The van der Waals surface area contributed by atoms with Gasteiger partial charge in [0.15, 0.2) is 11.2 Å². The minimum absolute atomic E-state index is 0.0290. The van der Waals surface area contributed by atoms with E-state index in [-0.39, 0.29) is 42.9 Å². The number of amides is 2. The van der Waals surface area contributed by atoms with Gasteiger partial charge in [-0.1, -0.05) is 36.4 Å². The molecule has 2 amide bonds. The summed E-state index contributed by atoms with van der Waals surface area (Å²) in [5.74, 6) is -0.748. The number of benzene rings is 2. The number of carbonyl (C=O) groups is 2. The SMILES string of the molecule is COP(=O)(OC)C(O)OCCOCn1cnc2c(OC(=O)N(c3ccccc3)c3ccccc3)nc(NC(C)=O)nc21. The third kappa shape index (κ3) is 7.33. The highest BCUT2D eigenvalue weighted by molar-refractivity contribution is 7.54. The lowest BCUT2D eigenvalue weighted by Gasteiger charge is -2.22. The molecule has 0 bridgehead atoms. The Kier molecular flexibility index (Phi) is 10.3. The van der Waals surface area contributed by atoms with E-state index < -0.39 is 25.6 Å². The molecule has 1 atom stereocenters. The van der Waals surface area contributed by atoms with Gasteiger partial charge in [0.25, 0.3) is 11.9 Å². The maximum absolute atomic E-state index is 13.5. The molecule has 4 rings (SSSR count). The zero-order chi connectivity index (χ0) is 30.1. The van der Waals surface area contributed by atoms with Gasteiger partial charge in [-0.2, -0.15) is 9.97 Å². The average Bonchev–Trinajstić information content (AvgIpc) is 3.40.